The number of benzene rings is 2. The first-order valence-electron chi connectivity index (χ1n) is 11.0. The highest BCUT2D eigenvalue weighted by Gasteiger charge is 2.31. The summed E-state index contributed by atoms with van der Waals surface area (Å²) in [5.41, 5.74) is 3.47. The quantitative estimate of drug-likeness (QED) is 0.658. The van der Waals surface area contributed by atoms with Crippen LogP contribution in [0.2, 0.25) is 0 Å². The fourth-order valence-corrected chi connectivity index (χ4v) is 4.93. The maximum atomic E-state index is 13.1. The molecule has 1 amide bonds. The number of nitrogens with zero attached hydrogens (tertiary/aromatic N) is 3. The lowest BCUT2D eigenvalue weighted by Crippen LogP contribution is -2.56. The Kier molecular flexibility index (Phi) is 5.21. The first-order chi connectivity index (χ1) is 14.7. The van der Waals surface area contributed by atoms with Crippen LogP contribution in [0.3, 0.4) is 0 Å². The van der Waals surface area contributed by atoms with E-state index in [4.69, 9.17) is 4.42 Å². The molecule has 0 spiro atoms. The van der Waals surface area contributed by atoms with Gasteiger partial charge in [0, 0.05) is 56.4 Å². The summed E-state index contributed by atoms with van der Waals surface area (Å²) in [6.07, 6.45) is 2.21. The van der Waals surface area contributed by atoms with E-state index < -0.39 is 0 Å². The molecule has 0 aliphatic carbocycles. The Balaban J connectivity index is 1.22. The molecule has 5 rings (SSSR count). The molecule has 1 atom stereocenters. The molecule has 156 valence electrons. The zero-order valence-electron chi connectivity index (χ0n) is 17.6. The van der Waals surface area contributed by atoms with E-state index in [-0.39, 0.29) is 5.91 Å². The summed E-state index contributed by atoms with van der Waals surface area (Å²) in [5, 5.41) is 0.988. The van der Waals surface area contributed by atoms with Gasteiger partial charge in [-0.3, -0.25) is 9.69 Å². The van der Waals surface area contributed by atoms with E-state index in [1.54, 1.807) is 0 Å². The number of piperidine rings is 1. The van der Waals surface area contributed by atoms with Crippen molar-refractivity contribution in [2.24, 2.45) is 0 Å². The van der Waals surface area contributed by atoms with Crippen LogP contribution in [-0.4, -0.2) is 61.0 Å². The second-order valence-electron chi connectivity index (χ2n) is 8.51. The van der Waals surface area contributed by atoms with Crippen LogP contribution in [0.4, 0.5) is 5.69 Å². The number of rotatable bonds is 3. The molecular weight excluding hydrogens is 374 g/mol. The van der Waals surface area contributed by atoms with Crippen LogP contribution in [0, 0.1) is 6.92 Å². The monoisotopic (exact) mass is 403 g/mol. The van der Waals surface area contributed by atoms with Crippen molar-refractivity contribution in [3.63, 3.8) is 0 Å². The summed E-state index contributed by atoms with van der Waals surface area (Å²) >= 11 is 0. The van der Waals surface area contributed by atoms with E-state index in [2.05, 4.69) is 41.0 Å². The minimum Gasteiger partial charge on any atom is -0.451 e. The van der Waals surface area contributed by atoms with E-state index in [9.17, 15) is 4.79 Å². The Bertz CT molecular complexity index is 1000. The van der Waals surface area contributed by atoms with Gasteiger partial charge < -0.3 is 14.2 Å². The Morgan fingerprint density at radius 3 is 2.53 bits per heavy atom. The van der Waals surface area contributed by atoms with Crippen molar-refractivity contribution in [3.8, 4) is 0 Å². The van der Waals surface area contributed by atoms with Gasteiger partial charge in [0.1, 0.15) is 5.58 Å². The number of hydrogen-bond acceptors (Lipinski definition) is 4. The summed E-state index contributed by atoms with van der Waals surface area (Å²) in [6.45, 7) is 7.97. The summed E-state index contributed by atoms with van der Waals surface area (Å²) in [6, 6.07) is 18.8. The molecule has 2 saturated heterocycles. The van der Waals surface area contributed by atoms with Crippen molar-refractivity contribution in [1.82, 2.24) is 9.80 Å². The standard InChI is InChI=1S/C25H29N3O2/c1-19-7-2-4-10-22(19)27-15-13-26(14-16-27)21-9-6-12-28(18-21)25(29)24-17-20-8-3-5-11-23(20)30-24/h2-5,7-8,10-11,17,21H,6,9,12-16,18H2,1H3. The number of para-hydroxylation sites is 2. The Labute approximate surface area is 177 Å². The topological polar surface area (TPSA) is 39.9 Å². The van der Waals surface area contributed by atoms with E-state index in [0.29, 0.717) is 11.8 Å². The lowest BCUT2D eigenvalue weighted by atomic mass is 10.0. The van der Waals surface area contributed by atoms with Crippen molar-refractivity contribution >= 4 is 22.6 Å². The van der Waals surface area contributed by atoms with E-state index in [1.165, 1.54) is 11.3 Å². The van der Waals surface area contributed by atoms with Gasteiger partial charge in [-0.25, -0.2) is 0 Å². The predicted molar refractivity (Wildman–Crippen MR) is 120 cm³/mol. The molecule has 0 saturated carbocycles. The van der Waals surface area contributed by atoms with Gasteiger partial charge in [0.2, 0.25) is 0 Å². The third-order valence-corrected chi connectivity index (χ3v) is 6.61. The fourth-order valence-electron chi connectivity index (χ4n) is 4.93. The van der Waals surface area contributed by atoms with E-state index in [0.717, 1.165) is 63.1 Å². The van der Waals surface area contributed by atoms with E-state index >= 15 is 0 Å². The summed E-state index contributed by atoms with van der Waals surface area (Å²) in [7, 11) is 0. The SMILES string of the molecule is Cc1ccccc1N1CCN(C2CCCN(C(=O)c3cc4ccccc4o3)C2)CC1. The lowest BCUT2D eigenvalue weighted by Gasteiger charge is -2.44. The molecule has 1 aromatic heterocycles. The van der Waals surface area contributed by atoms with Gasteiger partial charge >= 0.3 is 0 Å². The number of likely N-dealkylation sites (tertiary alicyclic amines) is 1. The number of fused-ring (bicyclic) bond motifs is 1. The third-order valence-electron chi connectivity index (χ3n) is 6.61. The highest BCUT2D eigenvalue weighted by Crippen LogP contribution is 2.25. The molecule has 0 radical (unpaired) electrons. The van der Waals surface area contributed by atoms with Gasteiger partial charge in [0.15, 0.2) is 5.76 Å². The molecule has 2 fully saturated rings. The van der Waals surface area contributed by atoms with Crippen molar-refractivity contribution in [1.29, 1.82) is 0 Å². The highest BCUT2D eigenvalue weighted by molar-refractivity contribution is 5.96. The Morgan fingerprint density at radius 1 is 0.967 bits per heavy atom. The molecule has 2 aliphatic heterocycles. The molecule has 5 nitrogen and oxygen atoms in total. The molecule has 5 heteroatoms. The van der Waals surface area contributed by atoms with Gasteiger partial charge in [-0.15, -0.1) is 0 Å². The molecule has 3 heterocycles. The second-order valence-corrected chi connectivity index (χ2v) is 8.51. The molecule has 2 aliphatic rings. The van der Waals surface area contributed by atoms with Crippen LogP contribution in [0.5, 0.6) is 0 Å². The van der Waals surface area contributed by atoms with Crippen molar-refractivity contribution < 1.29 is 9.21 Å². The van der Waals surface area contributed by atoms with Crippen LogP contribution in [-0.2, 0) is 0 Å². The minimum absolute atomic E-state index is 0.0226. The summed E-state index contributed by atoms with van der Waals surface area (Å²) in [4.78, 5) is 20.1. The normalized spacial score (nSPS) is 20.6. The summed E-state index contributed by atoms with van der Waals surface area (Å²) < 4.78 is 5.83. The van der Waals surface area contributed by atoms with Gasteiger partial charge in [-0.2, -0.15) is 0 Å². The number of anilines is 1. The minimum atomic E-state index is 0.0226. The zero-order chi connectivity index (χ0) is 20.5. The first-order valence-corrected chi connectivity index (χ1v) is 11.0. The second kappa shape index (κ2) is 8.15. The van der Waals surface area contributed by atoms with Crippen LogP contribution in [0.25, 0.3) is 11.0 Å². The van der Waals surface area contributed by atoms with Crippen LogP contribution >= 0.6 is 0 Å². The molecular formula is C25H29N3O2. The summed E-state index contributed by atoms with van der Waals surface area (Å²) in [5.74, 6) is 0.482. The fraction of sp³-hybridized carbons (Fsp3) is 0.400. The first kappa shape index (κ1) is 19.2. The van der Waals surface area contributed by atoms with Gasteiger partial charge in [-0.05, 0) is 43.5 Å². The number of furan rings is 1. The van der Waals surface area contributed by atoms with Crippen molar-refractivity contribution in [2.45, 2.75) is 25.8 Å². The molecule has 2 aromatic carbocycles. The Morgan fingerprint density at radius 2 is 1.73 bits per heavy atom. The van der Waals surface area contributed by atoms with E-state index in [1.807, 2.05) is 35.2 Å². The molecule has 0 N–H and O–H groups in total. The van der Waals surface area contributed by atoms with Crippen molar-refractivity contribution in [2.75, 3.05) is 44.2 Å². The van der Waals surface area contributed by atoms with Gasteiger partial charge in [-0.1, -0.05) is 36.4 Å². The van der Waals surface area contributed by atoms with Crippen LogP contribution in [0.1, 0.15) is 29.0 Å². The number of hydrogen-bond donors (Lipinski definition) is 0. The number of aryl methyl sites for hydroxylation is 1. The molecule has 3 aromatic rings. The molecule has 30 heavy (non-hydrogen) atoms. The van der Waals surface area contributed by atoms with Gasteiger partial charge in [0.05, 0.1) is 0 Å². The third kappa shape index (κ3) is 3.70. The average Bonchev–Trinajstić information content (AvgIpc) is 3.23. The number of carbonyl (C=O) groups excluding carboxylic acids is 1. The number of piperazine rings is 1. The van der Waals surface area contributed by atoms with Crippen molar-refractivity contribution in [3.05, 3.63) is 65.9 Å². The maximum absolute atomic E-state index is 13.1. The maximum Gasteiger partial charge on any atom is 0.289 e. The van der Waals surface area contributed by atoms with Gasteiger partial charge in [0.25, 0.3) is 5.91 Å². The largest absolute Gasteiger partial charge is 0.451 e. The van der Waals surface area contributed by atoms with Crippen LogP contribution < -0.4 is 4.90 Å². The average molecular weight is 404 g/mol. The Hall–Kier alpha value is -2.79. The predicted octanol–water partition coefficient (Wildman–Crippen LogP) is 4.17. The highest BCUT2D eigenvalue weighted by atomic mass is 16.3. The number of carbonyl (C=O) groups is 1. The zero-order valence-corrected chi connectivity index (χ0v) is 17.6. The molecule has 1 unspecified atom stereocenters. The smallest absolute Gasteiger partial charge is 0.289 e. The number of amides is 1. The lowest BCUT2D eigenvalue weighted by molar-refractivity contribution is 0.0537. The molecule has 0 bridgehead atoms. The van der Waals surface area contributed by atoms with Crippen LogP contribution in [0.15, 0.2) is 59.0 Å².